The predicted octanol–water partition coefficient (Wildman–Crippen LogP) is 2.96. The maximum atomic E-state index is 13.2. The van der Waals surface area contributed by atoms with Crippen LogP contribution >= 0.6 is 0 Å². The molecule has 2 rings (SSSR count). The lowest BCUT2D eigenvalue weighted by atomic mass is 10.2. The largest absolute Gasteiger partial charge is 0.365 e. The first-order valence-corrected chi connectivity index (χ1v) is 5.28. The third-order valence-electron chi connectivity index (χ3n) is 2.71. The van der Waals surface area contributed by atoms with Gasteiger partial charge >= 0.3 is 0 Å². The van der Waals surface area contributed by atoms with Crippen molar-refractivity contribution in [2.45, 2.75) is 32.2 Å². The van der Waals surface area contributed by atoms with E-state index >= 15 is 0 Å². The van der Waals surface area contributed by atoms with Gasteiger partial charge in [-0.25, -0.2) is 13.8 Å². The fourth-order valence-electron chi connectivity index (χ4n) is 1.81. The van der Waals surface area contributed by atoms with Crippen LogP contribution in [-0.4, -0.2) is 11.0 Å². The lowest BCUT2D eigenvalue weighted by Gasteiger charge is -2.05. The van der Waals surface area contributed by atoms with Crippen molar-refractivity contribution in [3.8, 4) is 0 Å². The quantitative estimate of drug-likeness (QED) is 0.830. The number of hydrogen-bond acceptors (Lipinski definition) is 2. The second-order valence-corrected chi connectivity index (χ2v) is 4.02. The monoisotopic (exact) mass is 212 g/mol. The summed E-state index contributed by atoms with van der Waals surface area (Å²) in [4.78, 5) is 3.69. The Labute approximate surface area is 87.7 Å². The minimum Gasteiger partial charge on any atom is -0.365 e. The fraction of sp³-hybridized carbons (Fsp3) is 0.545. The molecule has 1 aliphatic rings. The van der Waals surface area contributed by atoms with Crippen LogP contribution in [0.3, 0.4) is 0 Å². The number of hydrogen-bond donors (Lipinski definition) is 1. The van der Waals surface area contributed by atoms with Crippen molar-refractivity contribution in [3.05, 3.63) is 23.9 Å². The van der Waals surface area contributed by atoms with Crippen molar-refractivity contribution >= 4 is 5.82 Å². The Balaban J connectivity index is 1.95. The van der Waals surface area contributed by atoms with Crippen LogP contribution in [0.15, 0.2) is 12.3 Å². The zero-order valence-corrected chi connectivity index (χ0v) is 8.63. The summed E-state index contributed by atoms with van der Waals surface area (Å²) in [6, 6.07) is 1.17. The highest BCUT2D eigenvalue weighted by atomic mass is 19.1. The Kier molecular flexibility index (Phi) is 2.84. The van der Waals surface area contributed by atoms with Crippen LogP contribution in [0.2, 0.25) is 0 Å². The zero-order valence-electron chi connectivity index (χ0n) is 8.63. The van der Waals surface area contributed by atoms with Crippen LogP contribution in [0.5, 0.6) is 0 Å². The summed E-state index contributed by atoms with van der Waals surface area (Å²) < 4.78 is 25.8. The highest BCUT2D eigenvalue weighted by Gasteiger charge is 2.36. The summed E-state index contributed by atoms with van der Waals surface area (Å²) in [7, 11) is 0. The molecule has 1 saturated carbocycles. The number of halogens is 2. The van der Waals surface area contributed by atoms with Gasteiger partial charge in [0.2, 0.25) is 0 Å². The van der Waals surface area contributed by atoms with E-state index in [-0.39, 0.29) is 5.82 Å². The molecule has 2 atom stereocenters. The first-order chi connectivity index (χ1) is 7.20. The molecule has 0 spiro atoms. The van der Waals surface area contributed by atoms with Crippen molar-refractivity contribution in [2.24, 2.45) is 5.92 Å². The van der Waals surface area contributed by atoms with Crippen LogP contribution in [0, 0.1) is 17.6 Å². The second kappa shape index (κ2) is 4.13. The number of anilines is 1. The molecule has 2 unspecified atom stereocenters. The average Bonchev–Trinajstić information content (AvgIpc) is 2.90. The van der Waals surface area contributed by atoms with E-state index in [1.807, 2.05) is 0 Å². The number of pyridine rings is 1. The van der Waals surface area contributed by atoms with Crippen LogP contribution in [0.4, 0.5) is 14.6 Å². The van der Waals surface area contributed by atoms with Gasteiger partial charge in [-0.2, -0.15) is 0 Å². The average molecular weight is 212 g/mol. The minimum atomic E-state index is -0.640. The molecule has 1 aliphatic carbocycles. The van der Waals surface area contributed by atoms with Crippen LogP contribution in [-0.2, 0) is 0 Å². The molecule has 1 heterocycles. The van der Waals surface area contributed by atoms with Gasteiger partial charge in [-0.15, -0.1) is 0 Å². The van der Waals surface area contributed by atoms with Gasteiger partial charge in [-0.3, -0.25) is 0 Å². The van der Waals surface area contributed by atoms with E-state index in [4.69, 9.17) is 0 Å². The first kappa shape index (κ1) is 10.3. The van der Waals surface area contributed by atoms with Crippen LogP contribution < -0.4 is 5.32 Å². The van der Waals surface area contributed by atoms with Crippen molar-refractivity contribution in [3.63, 3.8) is 0 Å². The SMILES string of the molecule is CCCC1CC1Nc1ncc(F)cc1F. The molecule has 15 heavy (non-hydrogen) atoms. The molecule has 0 radical (unpaired) electrons. The molecule has 1 aromatic heterocycles. The van der Waals surface area contributed by atoms with Gasteiger partial charge in [-0.1, -0.05) is 13.3 Å². The Morgan fingerprint density at radius 1 is 1.53 bits per heavy atom. The minimum absolute atomic E-state index is 0.167. The molecule has 0 aromatic carbocycles. The molecule has 0 aliphatic heterocycles. The summed E-state index contributed by atoms with van der Waals surface area (Å²) in [5, 5.41) is 2.99. The summed E-state index contributed by atoms with van der Waals surface area (Å²) >= 11 is 0. The highest BCUT2D eigenvalue weighted by molar-refractivity contribution is 5.39. The molecule has 4 heteroatoms. The normalized spacial score (nSPS) is 23.9. The second-order valence-electron chi connectivity index (χ2n) is 4.02. The molecule has 0 amide bonds. The Hall–Kier alpha value is -1.19. The Morgan fingerprint density at radius 3 is 3.00 bits per heavy atom. The molecule has 0 bridgehead atoms. The van der Waals surface area contributed by atoms with Gasteiger partial charge in [-0.05, 0) is 18.8 Å². The van der Waals surface area contributed by atoms with Crippen LogP contribution in [0.1, 0.15) is 26.2 Å². The third-order valence-corrected chi connectivity index (χ3v) is 2.71. The van der Waals surface area contributed by atoms with E-state index in [0.29, 0.717) is 12.0 Å². The number of nitrogens with one attached hydrogen (secondary N) is 1. The van der Waals surface area contributed by atoms with E-state index in [1.54, 1.807) is 0 Å². The highest BCUT2D eigenvalue weighted by Crippen LogP contribution is 2.37. The lowest BCUT2D eigenvalue weighted by molar-refractivity contribution is 0.574. The standard InChI is InChI=1S/C11H14F2N2/c1-2-3-7-4-10(7)15-11-9(13)5-8(12)6-14-11/h5-7,10H,2-4H2,1H3,(H,14,15). The van der Waals surface area contributed by atoms with Crippen molar-refractivity contribution in [1.82, 2.24) is 4.98 Å². The molecule has 1 aromatic rings. The van der Waals surface area contributed by atoms with Gasteiger partial charge in [0.05, 0.1) is 6.20 Å². The van der Waals surface area contributed by atoms with Crippen molar-refractivity contribution in [2.75, 3.05) is 5.32 Å². The maximum absolute atomic E-state index is 13.2. The van der Waals surface area contributed by atoms with E-state index in [1.165, 1.54) is 0 Å². The number of rotatable bonds is 4. The molecule has 1 fully saturated rings. The van der Waals surface area contributed by atoms with E-state index in [2.05, 4.69) is 17.2 Å². The molecule has 2 nitrogen and oxygen atoms in total. The summed E-state index contributed by atoms with van der Waals surface area (Å²) in [5.41, 5.74) is 0. The summed E-state index contributed by atoms with van der Waals surface area (Å²) in [5.74, 6) is -0.461. The predicted molar refractivity (Wildman–Crippen MR) is 54.6 cm³/mol. The van der Waals surface area contributed by atoms with Gasteiger partial charge in [0.15, 0.2) is 11.6 Å². The molecule has 0 saturated heterocycles. The van der Waals surface area contributed by atoms with Gasteiger partial charge in [0.25, 0.3) is 0 Å². The van der Waals surface area contributed by atoms with Gasteiger partial charge in [0.1, 0.15) is 5.82 Å². The molecular weight excluding hydrogens is 198 g/mol. The lowest BCUT2D eigenvalue weighted by Crippen LogP contribution is -2.08. The molecule has 1 N–H and O–H groups in total. The van der Waals surface area contributed by atoms with E-state index in [0.717, 1.165) is 31.5 Å². The van der Waals surface area contributed by atoms with Crippen LogP contribution in [0.25, 0.3) is 0 Å². The van der Waals surface area contributed by atoms with E-state index in [9.17, 15) is 8.78 Å². The molecule has 82 valence electrons. The number of aromatic nitrogens is 1. The summed E-state index contributed by atoms with van der Waals surface area (Å²) in [6.45, 7) is 2.13. The van der Waals surface area contributed by atoms with Gasteiger partial charge < -0.3 is 5.32 Å². The molecular formula is C11H14F2N2. The Morgan fingerprint density at radius 2 is 2.33 bits per heavy atom. The van der Waals surface area contributed by atoms with Gasteiger partial charge in [0, 0.05) is 12.1 Å². The summed E-state index contributed by atoms with van der Waals surface area (Å²) in [6.07, 6.45) is 4.39. The topological polar surface area (TPSA) is 24.9 Å². The Bertz CT molecular complexity index is 354. The third kappa shape index (κ3) is 2.43. The zero-order chi connectivity index (χ0) is 10.8. The first-order valence-electron chi connectivity index (χ1n) is 5.28. The fourth-order valence-corrected chi connectivity index (χ4v) is 1.81. The van der Waals surface area contributed by atoms with Crippen molar-refractivity contribution in [1.29, 1.82) is 0 Å². The smallest absolute Gasteiger partial charge is 0.168 e. The van der Waals surface area contributed by atoms with E-state index < -0.39 is 11.6 Å². The maximum Gasteiger partial charge on any atom is 0.168 e. The van der Waals surface area contributed by atoms with Crippen molar-refractivity contribution < 1.29 is 8.78 Å². The number of nitrogens with zero attached hydrogens (tertiary/aromatic N) is 1.